The zero-order valence-electron chi connectivity index (χ0n) is 21.7. The summed E-state index contributed by atoms with van der Waals surface area (Å²) in [6, 6.07) is -0.0312. The van der Waals surface area contributed by atoms with Crippen molar-refractivity contribution in [2.24, 2.45) is 5.92 Å². The van der Waals surface area contributed by atoms with E-state index in [1.54, 1.807) is 0 Å². The summed E-state index contributed by atoms with van der Waals surface area (Å²) in [5, 5.41) is 13.7. The first-order valence-electron chi connectivity index (χ1n) is 12.7. The molecule has 9 heteroatoms. The molecule has 0 bridgehead atoms. The Morgan fingerprint density at radius 1 is 1.23 bits per heavy atom. The fourth-order valence-electron chi connectivity index (χ4n) is 4.58. The average Bonchev–Trinajstić information content (AvgIpc) is 2.80. The molecule has 0 radical (unpaired) electrons. The van der Waals surface area contributed by atoms with Gasteiger partial charge in [-0.15, -0.1) is 17.1 Å². The van der Waals surface area contributed by atoms with Crippen molar-refractivity contribution in [2.45, 2.75) is 109 Å². The van der Waals surface area contributed by atoms with E-state index in [0.29, 0.717) is 25.3 Å². The van der Waals surface area contributed by atoms with Crippen LogP contribution in [0.2, 0.25) is 0 Å². The average molecular weight is 515 g/mol. The molecule has 200 valence electrons. The van der Waals surface area contributed by atoms with Gasteiger partial charge in [-0.1, -0.05) is 37.6 Å². The van der Waals surface area contributed by atoms with Crippen LogP contribution >= 0.6 is 11.6 Å². The predicted molar refractivity (Wildman–Crippen MR) is 136 cm³/mol. The van der Waals surface area contributed by atoms with Crippen LogP contribution in [0.4, 0.5) is 0 Å². The van der Waals surface area contributed by atoms with Crippen LogP contribution in [-0.2, 0) is 23.9 Å². The number of carbonyl (C=O) groups excluding carboxylic acids is 2. The first-order chi connectivity index (χ1) is 16.5. The van der Waals surface area contributed by atoms with Crippen LogP contribution in [0.15, 0.2) is 23.8 Å². The number of amides is 1. The highest BCUT2D eigenvalue weighted by atomic mass is 35.5. The van der Waals surface area contributed by atoms with Crippen molar-refractivity contribution in [2.75, 3.05) is 12.4 Å². The van der Waals surface area contributed by atoms with Crippen LogP contribution in [0, 0.1) is 5.92 Å². The lowest BCUT2D eigenvalue weighted by Crippen LogP contribution is -2.49. The zero-order chi connectivity index (χ0) is 26.0. The molecule has 2 aliphatic heterocycles. The van der Waals surface area contributed by atoms with Gasteiger partial charge in [-0.25, -0.2) is 0 Å². The summed E-state index contributed by atoms with van der Waals surface area (Å²) in [5.74, 6) is -0.0388. The minimum Gasteiger partial charge on any atom is -0.388 e. The van der Waals surface area contributed by atoms with Gasteiger partial charge in [0.05, 0.1) is 48.4 Å². The molecule has 2 heterocycles. The summed E-state index contributed by atoms with van der Waals surface area (Å²) in [5.41, 5.74) is 2.82. The molecule has 0 aromatic heterocycles. The quantitative estimate of drug-likeness (QED) is 0.220. The van der Waals surface area contributed by atoms with Gasteiger partial charge in [-0.3, -0.25) is 9.59 Å². The lowest BCUT2D eigenvalue weighted by Gasteiger charge is -2.39. The fourth-order valence-corrected chi connectivity index (χ4v) is 4.80. The number of hydroxylamine groups is 1. The number of carbonyl (C=O) groups is 2. The number of halogens is 1. The number of hydrogen-bond donors (Lipinski definition) is 3. The van der Waals surface area contributed by atoms with Gasteiger partial charge in [0.15, 0.2) is 0 Å². The molecule has 2 fully saturated rings. The molecule has 3 N–H and O–H groups in total. The number of allylic oxidation sites excluding steroid dienone is 2. The topological polar surface area (TPSA) is 106 Å². The maximum Gasteiger partial charge on any atom is 0.321 e. The Labute approximate surface area is 214 Å². The third kappa shape index (κ3) is 10.2. The summed E-state index contributed by atoms with van der Waals surface area (Å²) in [6.45, 7) is 10.1. The summed E-state index contributed by atoms with van der Waals surface area (Å²) < 4.78 is 12.3. The van der Waals surface area contributed by atoms with Gasteiger partial charge in [-0.2, -0.15) is 0 Å². The van der Waals surface area contributed by atoms with Crippen molar-refractivity contribution in [3.05, 3.63) is 23.8 Å². The van der Waals surface area contributed by atoms with E-state index in [1.165, 1.54) is 6.92 Å². The molecule has 8 nitrogen and oxygen atoms in total. The molecule has 2 saturated heterocycles. The highest BCUT2D eigenvalue weighted by Crippen LogP contribution is 2.32. The molecule has 1 amide bonds. The smallest absolute Gasteiger partial charge is 0.321 e. The molecule has 2 rings (SSSR count). The Balaban J connectivity index is 1.91. The summed E-state index contributed by atoms with van der Waals surface area (Å²) >= 11 is 6.06. The molecular formula is C26H43ClN2O6. The van der Waals surface area contributed by atoms with Gasteiger partial charge in [0.25, 0.3) is 0 Å². The summed E-state index contributed by atoms with van der Waals surface area (Å²) in [4.78, 5) is 28.1. The Morgan fingerprint density at radius 2 is 1.97 bits per heavy atom. The lowest BCUT2D eigenvalue weighted by atomic mass is 9.87. The Morgan fingerprint density at radius 3 is 2.63 bits per heavy atom. The molecule has 7 atom stereocenters. The van der Waals surface area contributed by atoms with E-state index < -0.39 is 5.60 Å². The third-order valence-corrected chi connectivity index (χ3v) is 7.10. The van der Waals surface area contributed by atoms with E-state index in [2.05, 4.69) is 23.8 Å². The number of ether oxygens (including phenoxy) is 2. The van der Waals surface area contributed by atoms with Crippen LogP contribution in [-0.4, -0.2) is 65.5 Å². The van der Waals surface area contributed by atoms with Crippen LogP contribution in [0.1, 0.15) is 73.1 Å². The molecule has 2 aliphatic rings. The van der Waals surface area contributed by atoms with E-state index in [1.807, 2.05) is 32.9 Å². The second-order valence-electron chi connectivity index (χ2n) is 10.1. The molecule has 35 heavy (non-hydrogen) atoms. The lowest BCUT2D eigenvalue weighted by molar-refractivity contribution is -0.160. The monoisotopic (exact) mass is 514 g/mol. The molecule has 0 unspecified atom stereocenters. The first kappa shape index (κ1) is 29.8. The van der Waals surface area contributed by atoms with Gasteiger partial charge < -0.3 is 24.7 Å². The minimum absolute atomic E-state index is 0.0312. The molecular weight excluding hydrogens is 472 g/mol. The summed E-state index contributed by atoms with van der Waals surface area (Å²) in [7, 11) is 0. The van der Waals surface area contributed by atoms with Crippen LogP contribution in [0.3, 0.4) is 0 Å². The highest BCUT2D eigenvalue weighted by Gasteiger charge is 2.39. The first-order valence-corrected chi connectivity index (χ1v) is 13.2. The van der Waals surface area contributed by atoms with E-state index in [0.717, 1.165) is 24.8 Å². The van der Waals surface area contributed by atoms with Gasteiger partial charge in [0.2, 0.25) is 5.91 Å². The second-order valence-corrected chi connectivity index (χ2v) is 10.3. The minimum atomic E-state index is -1.06. The van der Waals surface area contributed by atoms with E-state index in [4.69, 9.17) is 25.9 Å². The highest BCUT2D eigenvalue weighted by molar-refractivity contribution is 6.18. The van der Waals surface area contributed by atoms with Crippen molar-refractivity contribution in [1.82, 2.24) is 10.8 Å². The number of hydrogen-bond acceptors (Lipinski definition) is 7. The van der Waals surface area contributed by atoms with Crippen molar-refractivity contribution in [1.29, 1.82) is 0 Å². The predicted octanol–water partition coefficient (Wildman–Crippen LogP) is 3.56. The Bertz CT molecular complexity index is 760. The van der Waals surface area contributed by atoms with Gasteiger partial charge in [0.1, 0.15) is 0 Å². The Hall–Kier alpha value is -1.45. The normalized spacial score (nSPS) is 34.1. The van der Waals surface area contributed by atoms with E-state index in [9.17, 15) is 14.7 Å². The molecule has 0 spiro atoms. The molecule has 0 aromatic carbocycles. The number of nitrogens with one attached hydrogen (secondary N) is 2. The fraction of sp³-hybridized carbons (Fsp3) is 0.769. The SMILES string of the molecule is CCCNC(=O)C[C@@H]1C[C@@](O)(CCl)C[C@@H](/C=C/C(C)=C/C[C@@H]2O[C@H](C)[C@H](NOC(C)=O)C[C@@H]2C)O1. The van der Waals surface area contributed by atoms with Gasteiger partial charge >= 0.3 is 5.97 Å². The molecule has 0 saturated carbocycles. The zero-order valence-corrected chi connectivity index (χ0v) is 22.5. The number of alkyl halides is 1. The van der Waals surface area contributed by atoms with Crippen LogP contribution < -0.4 is 10.8 Å². The molecule has 0 aromatic rings. The maximum absolute atomic E-state index is 12.1. The third-order valence-electron chi connectivity index (χ3n) is 6.61. The van der Waals surface area contributed by atoms with Gasteiger partial charge in [0, 0.05) is 26.3 Å². The molecule has 0 aliphatic carbocycles. The second kappa shape index (κ2) is 14.3. The maximum atomic E-state index is 12.1. The van der Waals surface area contributed by atoms with Crippen LogP contribution in [0.25, 0.3) is 0 Å². The van der Waals surface area contributed by atoms with Crippen molar-refractivity contribution in [3.63, 3.8) is 0 Å². The van der Waals surface area contributed by atoms with E-state index in [-0.39, 0.29) is 54.6 Å². The largest absolute Gasteiger partial charge is 0.388 e. The number of aliphatic hydroxyl groups is 1. The van der Waals surface area contributed by atoms with Crippen molar-refractivity contribution in [3.8, 4) is 0 Å². The van der Waals surface area contributed by atoms with Crippen molar-refractivity contribution < 1.29 is 29.0 Å². The van der Waals surface area contributed by atoms with E-state index >= 15 is 0 Å². The standard InChI is InChI=1S/C26H43ClN2O6/c1-6-11-28-25(31)13-22-15-26(32,16-27)14-21(34-22)9-7-17(2)8-10-24-18(3)12-23(19(4)33-24)29-35-20(5)30/h7-9,18-19,21-24,29,32H,6,10-16H2,1-5H3,(H,28,31)/b9-7+,17-8+/t18-,19+,21+,22+,23+,24-,26+/m0/s1. The summed E-state index contributed by atoms with van der Waals surface area (Å²) in [6.07, 6.45) is 8.78. The van der Waals surface area contributed by atoms with Crippen molar-refractivity contribution >= 4 is 23.5 Å². The number of rotatable bonds is 11. The Kier molecular flexibility index (Phi) is 12.2. The van der Waals surface area contributed by atoms with Gasteiger partial charge in [-0.05, 0) is 39.0 Å². The van der Waals surface area contributed by atoms with Crippen LogP contribution in [0.5, 0.6) is 0 Å².